The largest absolute Gasteiger partial charge is 0.493 e. The molecule has 2 aromatic rings. The summed E-state index contributed by atoms with van der Waals surface area (Å²) in [5, 5.41) is 7.51. The van der Waals surface area contributed by atoms with Crippen molar-refractivity contribution in [2.45, 2.75) is 6.61 Å². The molecule has 0 saturated carbocycles. The topological polar surface area (TPSA) is 77.6 Å². The first-order valence-electron chi connectivity index (χ1n) is 6.43. The third kappa shape index (κ3) is 3.45. The minimum absolute atomic E-state index is 0.0544. The van der Waals surface area contributed by atoms with Crippen molar-refractivity contribution in [3.8, 4) is 17.2 Å². The Balaban J connectivity index is 2.31. The van der Waals surface area contributed by atoms with Crippen LogP contribution in [0.5, 0.6) is 17.2 Å². The molecule has 0 spiro atoms. The van der Waals surface area contributed by atoms with Crippen molar-refractivity contribution in [2.75, 3.05) is 14.2 Å². The Kier molecular flexibility index (Phi) is 4.66. The molecule has 0 atom stereocenters. The van der Waals surface area contributed by atoms with Gasteiger partial charge >= 0.3 is 0 Å². The number of benzene rings is 2. The lowest BCUT2D eigenvalue weighted by Gasteiger charge is -2.16. The molecule has 0 radical (unpaired) electrons. The molecular weight excluding hydrogens is 268 g/mol. The molecule has 2 rings (SSSR count). The zero-order valence-corrected chi connectivity index (χ0v) is 12.1. The fourth-order valence-corrected chi connectivity index (χ4v) is 1.91. The molecular formula is C16H18N2O3. The van der Waals surface area contributed by atoms with Crippen molar-refractivity contribution >= 4 is 5.84 Å². The Morgan fingerprint density at radius 1 is 1.05 bits per heavy atom. The van der Waals surface area contributed by atoms with Gasteiger partial charge in [-0.05, 0) is 17.7 Å². The van der Waals surface area contributed by atoms with Crippen molar-refractivity contribution in [2.24, 2.45) is 5.73 Å². The summed E-state index contributed by atoms with van der Waals surface area (Å²) in [7, 11) is 3.07. The van der Waals surface area contributed by atoms with Crippen LogP contribution >= 0.6 is 0 Å². The van der Waals surface area contributed by atoms with Crippen LogP contribution in [0.25, 0.3) is 0 Å². The number of ether oxygens (including phenoxy) is 3. The standard InChI is InChI=1S/C16H18N2O3/c1-19-13-8-12(16(17)18)9-14(20-2)15(13)21-10-11-6-4-3-5-7-11/h3-9H,10H2,1-2H3,(H3,17,18). The molecule has 110 valence electrons. The molecule has 0 aliphatic heterocycles. The first-order valence-corrected chi connectivity index (χ1v) is 6.43. The number of amidine groups is 1. The van der Waals surface area contributed by atoms with Crippen LogP contribution < -0.4 is 19.9 Å². The van der Waals surface area contributed by atoms with Gasteiger partial charge in [0.25, 0.3) is 0 Å². The van der Waals surface area contributed by atoms with Gasteiger partial charge in [0.1, 0.15) is 12.4 Å². The maximum absolute atomic E-state index is 7.51. The third-order valence-corrected chi connectivity index (χ3v) is 3.00. The van der Waals surface area contributed by atoms with E-state index in [0.717, 1.165) is 5.56 Å². The minimum Gasteiger partial charge on any atom is -0.493 e. The predicted molar refractivity (Wildman–Crippen MR) is 81.3 cm³/mol. The molecule has 3 N–H and O–H groups in total. The van der Waals surface area contributed by atoms with Crippen LogP contribution in [-0.2, 0) is 6.61 Å². The molecule has 0 aliphatic rings. The van der Waals surface area contributed by atoms with Gasteiger partial charge in [-0.3, -0.25) is 5.41 Å². The zero-order valence-electron chi connectivity index (χ0n) is 12.1. The van der Waals surface area contributed by atoms with E-state index >= 15 is 0 Å². The maximum Gasteiger partial charge on any atom is 0.203 e. The molecule has 21 heavy (non-hydrogen) atoms. The van der Waals surface area contributed by atoms with Crippen LogP contribution in [0, 0.1) is 5.41 Å². The maximum atomic E-state index is 7.51. The van der Waals surface area contributed by atoms with Crippen LogP contribution in [0.2, 0.25) is 0 Å². The molecule has 5 nitrogen and oxygen atoms in total. The van der Waals surface area contributed by atoms with Gasteiger partial charge in [-0.1, -0.05) is 30.3 Å². The molecule has 0 heterocycles. The van der Waals surface area contributed by atoms with Gasteiger partial charge in [0, 0.05) is 5.56 Å². The summed E-state index contributed by atoms with van der Waals surface area (Å²) in [6.45, 7) is 0.396. The van der Waals surface area contributed by atoms with E-state index in [1.807, 2.05) is 30.3 Å². The number of nitrogens with two attached hydrogens (primary N) is 1. The summed E-state index contributed by atoms with van der Waals surface area (Å²) in [5.74, 6) is 1.40. The third-order valence-electron chi connectivity index (χ3n) is 3.00. The molecule has 0 aliphatic carbocycles. The summed E-state index contributed by atoms with van der Waals surface area (Å²) in [4.78, 5) is 0. The van der Waals surface area contributed by atoms with Crippen LogP contribution in [0.1, 0.15) is 11.1 Å². The van der Waals surface area contributed by atoms with Crippen LogP contribution in [0.3, 0.4) is 0 Å². The first-order chi connectivity index (χ1) is 10.2. The van der Waals surface area contributed by atoms with Crippen LogP contribution in [-0.4, -0.2) is 20.1 Å². The van der Waals surface area contributed by atoms with Crippen molar-refractivity contribution in [3.05, 3.63) is 53.6 Å². The predicted octanol–water partition coefficient (Wildman–Crippen LogP) is 2.57. The highest BCUT2D eigenvalue weighted by atomic mass is 16.5. The molecule has 0 aromatic heterocycles. The van der Waals surface area contributed by atoms with Crippen LogP contribution in [0.15, 0.2) is 42.5 Å². The van der Waals surface area contributed by atoms with Crippen molar-refractivity contribution < 1.29 is 14.2 Å². The molecule has 0 amide bonds. The Morgan fingerprint density at radius 3 is 2.10 bits per heavy atom. The van der Waals surface area contributed by atoms with E-state index in [0.29, 0.717) is 29.4 Å². The summed E-state index contributed by atoms with van der Waals surface area (Å²) in [5.41, 5.74) is 7.07. The van der Waals surface area contributed by atoms with Gasteiger partial charge in [-0.15, -0.1) is 0 Å². The average molecular weight is 286 g/mol. The van der Waals surface area contributed by atoms with E-state index in [4.69, 9.17) is 25.4 Å². The van der Waals surface area contributed by atoms with E-state index in [1.165, 1.54) is 14.2 Å². The van der Waals surface area contributed by atoms with E-state index in [1.54, 1.807) is 12.1 Å². The quantitative estimate of drug-likeness (QED) is 0.632. The fraction of sp³-hybridized carbons (Fsp3) is 0.188. The molecule has 0 unspecified atom stereocenters. The normalized spacial score (nSPS) is 10.0. The second-order valence-electron chi connectivity index (χ2n) is 4.40. The van der Waals surface area contributed by atoms with E-state index in [2.05, 4.69) is 0 Å². The van der Waals surface area contributed by atoms with E-state index in [-0.39, 0.29) is 5.84 Å². The number of rotatable bonds is 6. The molecule has 0 bridgehead atoms. The molecule has 5 heteroatoms. The summed E-state index contributed by atoms with van der Waals surface area (Å²) in [6.07, 6.45) is 0. The molecule has 0 fully saturated rings. The lowest BCUT2D eigenvalue weighted by molar-refractivity contribution is 0.266. The highest BCUT2D eigenvalue weighted by Crippen LogP contribution is 2.38. The average Bonchev–Trinajstić information content (AvgIpc) is 2.52. The fourth-order valence-electron chi connectivity index (χ4n) is 1.91. The highest BCUT2D eigenvalue weighted by Gasteiger charge is 2.15. The Morgan fingerprint density at radius 2 is 1.62 bits per heavy atom. The Labute approximate surface area is 123 Å². The number of methoxy groups -OCH3 is 2. The molecule has 0 saturated heterocycles. The van der Waals surface area contributed by atoms with E-state index in [9.17, 15) is 0 Å². The monoisotopic (exact) mass is 286 g/mol. The van der Waals surface area contributed by atoms with Gasteiger partial charge in [0.15, 0.2) is 11.5 Å². The van der Waals surface area contributed by atoms with Gasteiger partial charge in [0.2, 0.25) is 5.75 Å². The Bertz CT molecular complexity index is 602. The van der Waals surface area contributed by atoms with E-state index < -0.39 is 0 Å². The lowest BCUT2D eigenvalue weighted by atomic mass is 10.1. The minimum atomic E-state index is -0.0544. The smallest absolute Gasteiger partial charge is 0.203 e. The number of nitrogen functional groups attached to an aromatic ring is 1. The zero-order chi connectivity index (χ0) is 15.2. The van der Waals surface area contributed by atoms with Gasteiger partial charge in [-0.2, -0.15) is 0 Å². The van der Waals surface area contributed by atoms with Crippen LogP contribution in [0.4, 0.5) is 0 Å². The van der Waals surface area contributed by atoms with Gasteiger partial charge in [-0.25, -0.2) is 0 Å². The lowest BCUT2D eigenvalue weighted by Crippen LogP contribution is -2.12. The first kappa shape index (κ1) is 14.7. The number of nitrogens with one attached hydrogen (secondary N) is 1. The van der Waals surface area contributed by atoms with Crippen molar-refractivity contribution in [1.82, 2.24) is 0 Å². The summed E-state index contributed by atoms with van der Waals surface area (Å²) in [6, 6.07) is 13.1. The molecule has 2 aromatic carbocycles. The SMILES string of the molecule is COc1cc(C(=N)N)cc(OC)c1OCc1ccccc1. The van der Waals surface area contributed by atoms with Crippen molar-refractivity contribution in [1.29, 1.82) is 5.41 Å². The second-order valence-corrected chi connectivity index (χ2v) is 4.40. The number of hydrogen-bond acceptors (Lipinski definition) is 4. The number of hydrogen-bond donors (Lipinski definition) is 2. The highest BCUT2D eigenvalue weighted by molar-refractivity contribution is 5.96. The second kappa shape index (κ2) is 6.65. The van der Waals surface area contributed by atoms with Gasteiger partial charge in [0.05, 0.1) is 14.2 Å². The summed E-state index contributed by atoms with van der Waals surface area (Å²) >= 11 is 0. The van der Waals surface area contributed by atoms with Gasteiger partial charge < -0.3 is 19.9 Å². The van der Waals surface area contributed by atoms with Crippen molar-refractivity contribution in [3.63, 3.8) is 0 Å². The Hall–Kier alpha value is -2.69. The summed E-state index contributed by atoms with van der Waals surface area (Å²) < 4.78 is 16.4.